The fourth-order valence-corrected chi connectivity index (χ4v) is 2.40. The maximum atomic E-state index is 12.1. The first-order valence-electron chi connectivity index (χ1n) is 6.39. The van der Waals surface area contributed by atoms with Gasteiger partial charge in [-0.15, -0.1) is 0 Å². The molecule has 104 valence electrons. The standard InChI is InChI=1S/C13H23NO4/c1-10(8-18-3)7-11(15)14-6-4-5-13(2,9-14)12(16)17/h10H,4-9H2,1-3H3,(H,16,17). The van der Waals surface area contributed by atoms with Crippen LogP contribution in [-0.4, -0.2) is 48.7 Å². The Labute approximate surface area is 108 Å². The number of aliphatic carboxylic acids is 1. The molecular weight excluding hydrogens is 234 g/mol. The van der Waals surface area contributed by atoms with Crippen LogP contribution in [0.4, 0.5) is 0 Å². The molecule has 1 fully saturated rings. The van der Waals surface area contributed by atoms with Crippen molar-refractivity contribution in [2.24, 2.45) is 11.3 Å². The smallest absolute Gasteiger partial charge is 0.311 e. The van der Waals surface area contributed by atoms with E-state index in [2.05, 4.69) is 0 Å². The van der Waals surface area contributed by atoms with E-state index in [1.54, 1.807) is 18.9 Å². The number of carbonyl (C=O) groups excluding carboxylic acids is 1. The molecule has 5 nitrogen and oxygen atoms in total. The summed E-state index contributed by atoms with van der Waals surface area (Å²) in [6.45, 7) is 5.22. The zero-order valence-corrected chi connectivity index (χ0v) is 11.4. The van der Waals surface area contributed by atoms with E-state index in [0.29, 0.717) is 32.5 Å². The Kier molecular flexibility index (Phi) is 5.14. The summed E-state index contributed by atoms with van der Waals surface area (Å²) in [5.41, 5.74) is -0.793. The molecule has 1 saturated heterocycles. The largest absolute Gasteiger partial charge is 0.481 e. The number of methoxy groups -OCH3 is 1. The van der Waals surface area contributed by atoms with E-state index in [4.69, 9.17) is 4.74 Å². The van der Waals surface area contributed by atoms with Crippen LogP contribution in [0.2, 0.25) is 0 Å². The second-order valence-corrected chi connectivity index (χ2v) is 5.55. The van der Waals surface area contributed by atoms with Gasteiger partial charge in [0.15, 0.2) is 0 Å². The van der Waals surface area contributed by atoms with E-state index in [9.17, 15) is 14.7 Å². The van der Waals surface area contributed by atoms with E-state index in [1.165, 1.54) is 0 Å². The third-order valence-corrected chi connectivity index (χ3v) is 3.54. The van der Waals surface area contributed by atoms with Crippen molar-refractivity contribution in [3.63, 3.8) is 0 Å². The van der Waals surface area contributed by atoms with Crippen molar-refractivity contribution in [1.29, 1.82) is 0 Å². The molecule has 1 N–H and O–H groups in total. The Morgan fingerprint density at radius 1 is 1.50 bits per heavy atom. The van der Waals surface area contributed by atoms with Gasteiger partial charge in [-0.2, -0.15) is 0 Å². The summed E-state index contributed by atoms with van der Waals surface area (Å²) in [5.74, 6) is -0.614. The van der Waals surface area contributed by atoms with Gasteiger partial charge >= 0.3 is 5.97 Å². The van der Waals surface area contributed by atoms with Gasteiger partial charge in [-0.05, 0) is 25.7 Å². The Hall–Kier alpha value is -1.10. The SMILES string of the molecule is COCC(C)CC(=O)N1CCCC(C)(C(=O)O)C1. The van der Waals surface area contributed by atoms with Crippen LogP contribution in [0, 0.1) is 11.3 Å². The number of carbonyl (C=O) groups is 2. The molecule has 0 spiro atoms. The number of amides is 1. The average molecular weight is 257 g/mol. The van der Waals surface area contributed by atoms with Crippen molar-refractivity contribution in [1.82, 2.24) is 4.90 Å². The van der Waals surface area contributed by atoms with Gasteiger partial charge in [-0.3, -0.25) is 9.59 Å². The minimum atomic E-state index is -0.815. The quantitative estimate of drug-likeness (QED) is 0.808. The van der Waals surface area contributed by atoms with Crippen LogP contribution >= 0.6 is 0 Å². The monoisotopic (exact) mass is 257 g/mol. The molecule has 1 amide bonds. The predicted molar refractivity (Wildman–Crippen MR) is 67.2 cm³/mol. The Morgan fingerprint density at radius 3 is 2.72 bits per heavy atom. The molecule has 0 aromatic rings. The molecule has 1 aliphatic rings. The first kappa shape index (κ1) is 15.0. The Morgan fingerprint density at radius 2 is 2.17 bits per heavy atom. The highest BCUT2D eigenvalue weighted by Crippen LogP contribution is 2.30. The van der Waals surface area contributed by atoms with Crippen molar-refractivity contribution in [2.75, 3.05) is 26.8 Å². The lowest BCUT2D eigenvalue weighted by Crippen LogP contribution is -2.48. The number of hydrogen-bond acceptors (Lipinski definition) is 3. The summed E-state index contributed by atoms with van der Waals surface area (Å²) in [5, 5.41) is 9.21. The van der Waals surface area contributed by atoms with Gasteiger partial charge in [-0.1, -0.05) is 6.92 Å². The van der Waals surface area contributed by atoms with Crippen molar-refractivity contribution in [3.05, 3.63) is 0 Å². The lowest BCUT2D eigenvalue weighted by Gasteiger charge is -2.37. The number of rotatable bonds is 5. The molecule has 0 saturated carbocycles. The van der Waals surface area contributed by atoms with Gasteiger partial charge < -0.3 is 14.7 Å². The maximum absolute atomic E-state index is 12.1. The van der Waals surface area contributed by atoms with Crippen LogP contribution in [0.5, 0.6) is 0 Å². The van der Waals surface area contributed by atoms with Gasteiger partial charge in [0.05, 0.1) is 5.41 Å². The normalized spacial score (nSPS) is 25.8. The van der Waals surface area contributed by atoms with Crippen LogP contribution in [0.25, 0.3) is 0 Å². The van der Waals surface area contributed by atoms with Gasteiger partial charge in [0, 0.05) is 33.2 Å². The highest BCUT2D eigenvalue weighted by atomic mass is 16.5. The van der Waals surface area contributed by atoms with E-state index in [1.807, 2.05) is 6.92 Å². The minimum Gasteiger partial charge on any atom is -0.481 e. The summed E-state index contributed by atoms with van der Waals surface area (Å²) in [6.07, 6.45) is 1.82. The molecule has 0 radical (unpaired) electrons. The lowest BCUT2D eigenvalue weighted by atomic mass is 9.82. The Bertz CT molecular complexity index is 318. The van der Waals surface area contributed by atoms with Crippen molar-refractivity contribution < 1.29 is 19.4 Å². The fraction of sp³-hybridized carbons (Fsp3) is 0.846. The summed E-state index contributed by atoms with van der Waals surface area (Å²) < 4.78 is 5.01. The number of hydrogen-bond donors (Lipinski definition) is 1. The molecule has 5 heteroatoms. The molecule has 0 aromatic heterocycles. The number of likely N-dealkylation sites (tertiary alicyclic amines) is 1. The van der Waals surface area contributed by atoms with Crippen LogP contribution in [0.3, 0.4) is 0 Å². The highest BCUT2D eigenvalue weighted by molar-refractivity contribution is 5.79. The van der Waals surface area contributed by atoms with Crippen molar-refractivity contribution in [2.45, 2.75) is 33.1 Å². The second-order valence-electron chi connectivity index (χ2n) is 5.55. The van der Waals surface area contributed by atoms with Crippen molar-refractivity contribution in [3.8, 4) is 0 Å². The van der Waals surface area contributed by atoms with Gasteiger partial charge in [0.2, 0.25) is 5.91 Å². The highest BCUT2D eigenvalue weighted by Gasteiger charge is 2.39. The molecule has 18 heavy (non-hydrogen) atoms. The maximum Gasteiger partial charge on any atom is 0.311 e. The molecular formula is C13H23NO4. The van der Waals surface area contributed by atoms with E-state index in [-0.39, 0.29) is 11.8 Å². The Balaban J connectivity index is 2.56. The first-order chi connectivity index (χ1) is 8.39. The molecule has 0 bridgehead atoms. The third-order valence-electron chi connectivity index (χ3n) is 3.54. The fourth-order valence-electron chi connectivity index (χ4n) is 2.40. The molecule has 2 atom stereocenters. The molecule has 1 rings (SSSR count). The second kappa shape index (κ2) is 6.18. The van der Waals surface area contributed by atoms with Crippen LogP contribution in [0.15, 0.2) is 0 Å². The predicted octanol–water partition coefficient (Wildman–Crippen LogP) is 1.37. The summed E-state index contributed by atoms with van der Waals surface area (Å²) in [4.78, 5) is 25.0. The van der Waals surface area contributed by atoms with Crippen molar-refractivity contribution >= 4 is 11.9 Å². The van der Waals surface area contributed by atoms with E-state index < -0.39 is 11.4 Å². The van der Waals surface area contributed by atoms with Crippen LogP contribution in [-0.2, 0) is 14.3 Å². The van der Waals surface area contributed by atoms with Gasteiger partial charge in [-0.25, -0.2) is 0 Å². The zero-order valence-electron chi connectivity index (χ0n) is 11.4. The number of carboxylic acid groups (broad SMARTS) is 1. The van der Waals surface area contributed by atoms with E-state index in [0.717, 1.165) is 6.42 Å². The minimum absolute atomic E-state index is 0.0340. The summed E-state index contributed by atoms with van der Waals surface area (Å²) >= 11 is 0. The number of piperidine rings is 1. The first-order valence-corrected chi connectivity index (χ1v) is 6.39. The molecule has 2 unspecified atom stereocenters. The topological polar surface area (TPSA) is 66.8 Å². The summed E-state index contributed by atoms with van der Waals surface area (Å²) in [7, 11) is 1.61. The number of carboxylic acids is 1. The molecule has 1 heterocycles. The summed E-state index contributed by atoms with van der Waals surface area (Å²) in [6, 6.07) is 0. The average Bonchev–Trinajstić information content (AvgIpc) is 2.29. The molecule has 1 aliphatic heterocycles. The number of ether oxygens (including phenoxy) is 1. The van der Waals surface area contributed by atoms with E-state index >= 15 is 0 Å². The zero-order chi connectivity index (χ0) is 13.8. The van der Waals surface area contributed by atoms with Crippen LogP contribution < -0.4 is 0 Å². The molecule has 0 aromatic carbocycles. The lowest BCUT2D eigenvalue weighted by molar-refractivity contribution is -0.153. The number of nitrogens with zero attached hydrogens (tertiary/aromatic N) is 1. The van der Waals surface area contributed by atoms with Gasteiger partial charge in [0.25, 0.3) is 0 Å². The van der Waals surface area contributed by atoms with Crippen LogP contribution in [0.1, 0.15) is 33.1 Å². The third kappa shape index (κ3) is 3.70. The van der Waals surface area contributed by atoms with Gasteiger partial charge in [0.1, 0.15) is 0 Å². The molecule has 0 aliphatic carbocycles.